The van der Waals surface area contributed by atoms with Crippen LogP contribution in [0, 0.1) is 13.5 Å². The maximum absolute atomic E-state index is 13.0. The quantitative estimate of drug-likeness (QED) is 0.317. The van der Waals surface area contributed by atoms with Gasteiger partial charge in [-0.05, 0) is 48.4 Å². The van der Waals surface area contributed by atoms with Gasteiger partial charge in [0.2, 0.25) is 0 Å². The second-order valence-electron chi connectivity index (χ2n) is 6.75. The van der Waals surface area contributed by atoms with Crippen LogP contribution in [0.15, 0.2) is 83.9 Å². The molecule has 4 aromatic rings. The first-order valence-electron chi connectivity index (χ1n) is 9.07. The predicted molar refractivity (Wildman–Crippen MR) is 117 cm³/mol. The summed E-state index contributed by atoms with van der Waals surface area (Å²) < 4.78 is 27.3. The zero-order valence-corrected chi connectivity index (χ0v) is 16.6. The van der Waals surface area contributed by atoms with E-state index in [9.17, 15) is 8.42 Å². The molecule has 0 bridgehead atoms. The highest BCUT2D eigenvalue weighted by atomic mass is 32.2. The van der Waals surface area contributed by atoms with Crippen LogP contribution in [0.4, 0.5) is 5.69 Å². The van der Waals surface area contributed by atoms with E-state index >= 15 is 0 Å². The van der Waals surface area contributed by atoms with Crippen LogP contribution in [-0.2, 0) is 10.0 Å². The van der Waals surface area contributed by atoms with E-state index in [4.69, 9.17) is 6.57 Å². The average Bonchev–Trinajstić information content (AvgIpc) is 3.17. The predicted octanol–water partition coefficient (Wildman–Crippen LogP) is 5.91. The Morgan fingerprint density at radius 1 is 0.931 bits per heavy atom. The van der Waals surface area contributed by atoms with E-state index in [1.807, 2.05) is 55.5 Å². The van der Waals surface area contributed by atoms with Crippen LogP contribution in [0.3, 0.4) is 0 Å². The van der Waals surface area contributed by atoms with Crippen LogP contribution in [0.1, 0.15) is 16.7 Å². The lowest BCUT2D eigenvalue weighted by atomic mass is 10.1. The van der Waals surface area contributed by atoms with Gasteiger partial charge in [-0.25, -0.2) is 17.2 Å². The molecule has 0 saturated carbocycles. The van der Waals surface area contributed by atoms with Crippen molar-refractivity contribution in [3.8, 4) is 0 Å². The SMILES string of the molecule is [C-]#[N+]c1ccccc1/C=C/c1ccc2c(ccn2S(=O)(=O)c2ccc(C)cc2)c1. The summed E-state index contributed by atoms with van der Waals surface area (Å²) in [4.78, 5) is 3.79. The van der Waals surface area contributed by atoms with E-state index in [2.05, 4.69) is 4.85 Å². The first-order valence-corrected chi connectivity index (χ1v) is 10.5. The molecule has 142 valence electrons. The average molecular weight is 398 g/mol. The van der Waals surface area contributed by atoms with Gasteiger partial charge in [-0.1, -0.05) is 60.2 Å². The van der Waals surface area contributed by atoms with Crippen molar-refractivity contribution in [2.24, 2.45) is 0 Å². The zero-order valence-electron chi connectivity index (χ0n) is 15.8. The minimum Gasteiger partial charge on any atom is -0.241 e. The van der Waals surface area contributed by atoms with Crippen molar-refractivity contribution in [1.29, 1.82) is 0 Å². The molecule has 0 spiro atoms. The fourth-order valence-corrected chi connectivity index (χ4v) is 4.54. The molecule has 0 amide bonds. The van der Waals surface area contributed by atoms with Crippen LogP contribution in [-0.4, -0.2) is 12.4 Å². The lowest BCUT2D eigenvalue weighted by Gasteiger charge is -2.08. The molecule has 1 aromatic heterocycles. The van der Waals surface area contributed by atoms with Crippen molar-refractivity contribution in [1.82, 2.24) is 3.97 Å². The number of rotatable bonds is 4. The van der Waals surface area contributed by atoms with Crippen LogP contribution in [0.2, 0.25) is 0 Å². The van der Waals surface area contributed by atoms with Gasteiger partial charge in [0, 0.05) is 11.6 Å². The lowest BCUT2D eigenvalue weighted by Crippen LogP contribution is -2.11. The van der Waals surface area contributed by atoms with Gasteiger partial charge in [0.25, 0.3) is 10.0 Å². The Bertz CT molecular complexity index is 1370. The molecule has 4 nitrogen and oxygen atoms in total. The van der Waals surface area contributed by atoms with Gasteiger partial charge in [-0.3, -0.25) is 0 Å². The Labute approximate surface area is 170 Å². The molecule has 5 heteroatoms. The number of para-hydroxylation sites is 1. The summed E-state index contributed by atoms with van der Waals surface area (Å²) in [6.45, 7) is 9.17. The molecule has 0 aliphatic carbocycles. The van der Waals surface area contributed by atoms with Crippen LogP contribution in [0.5, 0.6) is 0 Å². The van der Waals surface area contributed by atoms with Gasteiger partial charge in [0.05, 0.1) is 17.0 Å². The number of benzene rings is 3. The zero-order chi connectivity index (χ0) is 20.4. The third-order valence-corrected chi connectivity index (χ3v) is 6.47. The van der Waals surface area contributed by atoms with Crippen molar-refractivity contribution >= 4 is 38.8 Å². The third kappa shape index (κ3) is 3.58. The Balaban J connectivity index is 1.70. The van der Waals surface area contributed by atoms with Crippen LogP contribution < -0.4 is 0 Å². The summed E-state index contributed by atoms with van der Waals surface area (Å²) in [5.74, 6) is 0. The van der Waals surface area contributed by atoms with Crippen LogP contribution >= 0.6 is 0 Å². The monoisotopic (exact) mass is 398 g/mol. The number of hydrogen-bond donors (Lipinski definition) is 0. The largest absolute Gasteiger partial charge is 0.268 e. The van der Waals surface area contributed by atoms with Crippen molar-refractivity contribution < 1.29 is 8.42 Å². The van der Waals surface area contributed by atoms with Gasteiger partial charge >= 0.3 is 0 Å². The molecule has 0 radical (unpaired) electrons. The standard InChI is InChI=1S/C24H18N2O2S/c1-18-7-12-22(13-8-18)29(27,28)26-16-15-21-17-19(10-14-24(21)26)9-11-20-5-3-4-6-23(20)25-2/h3-17H,1H3/b11-9+. The molecule has 0 aliphatic heterocycles. The van der Waals surface area contributed by atoms with Gasteiger partial charge in [0.1, 0.15) is 0 Å². The molecule has 3 aromatic carbocycles. The highest BCUT2D eigenvalue weighted by molar-refractivity contribution is 7.90. The topological polar surface area (TPSA) is 43.4 Å². The van der Waals surface area contributed by atoms with Gasteiger partial charge in [-0.15, -0.1) is 0 Å². The van der Waals surface area contributed by atoms with E-state index in [1.54, 1.807) is 42.6 Å². The number of aryl methyl sites for hydroxylation is 1. The maximum atomic E-state index is 13.0. The number of aromatic nitrogens is 1. The Morgan fingerprint density at radius 2 is 1.69 bits per heavy atom. The van der Waals surface area contributed by atoms with Gasteiger partial charge in [-0.2, -0.15) is 0 Å². The van der Waals surface area contributed by atoms with Gasteiger partial charge < -0.3 is 0 Å². The molecular formula is C24H18N2O2S. The van der Waals surface area contributed by atoms with Crippen molar-refractivity contribution in [3.63, 3.8) is 0 Å². The van der Waals surface area contributed by atoms with Crippen LogP contribution in [0.25, 0.3) is 27.9 Å². The first-order chi connectivity index (χ1) is 14.0. The third-order valence-electron chi connectivity index (χ3n) is 4.77. The highest BCUT2D eigenvalue weighted by Gasteiger charge is 2.18. The van der Waals surface area contributed by atoms with E-state index in [1.165, 1.54) is 3.97 Å². The number of fused-ring (bicyclic) bond motifs is 1. The molecule has 0 atom stereocenters. The Kier molecular flexibility index (Phi) is 4.79. The van der Waals surface area contributed by atoms with E-state index in [0.29, 0.717) is 11.2 Å². The minimum absolute atomic E-state index is 0.264. The molecule has 0 fully saturated rings. The molecule has 0 saturated heterocycles. The van der Waals surface area contributed by atoms with E-state index in [0.717, 1.165) is 22.1 Å². The number of nitrogens with zero attached hydrogens (tertiary/aromatic N) is 2. The summed E-state index contributed by atoms with van der Waals surface area (Å²) in [5.41, 5.74) is 4.02. The minimum atomic E-state index is -3.65. The summed E-state index contributed by atoms with van der Waals surface area (Å²) in [6.07, 6.45) is 5.41. The first kappa shape index (κ1) is 18.7. The van der Waals surface area contributed by atoms with E-state index < -0.39 is 10.0 Å². The molecule has 0 aliphatic rings. The Morgan fingerprint density at radius 3 is 2.45 bits per heavy atom. The maximum Gasteiger partial charge on any atom is 0.268 e. The van der Waals surface area contributed by atoms with E-state index in [-0.39, 0.29) is 4.90 Å². The fraction of sp³-hybridized carbons (Fsp3) is 0.0417. The molecule has 29 heavy (non-hydrogen) atoms. The second-order valence-corrected chi connectivity index (χ2v) is 8.57. The molecule has 0 unspecified atom stereocenters. The Hall–Kier alpha value is -3.62. The normalized spacial score (nSPS) is 11.7. The van der Waals surface area contributed by atoms with Gasteiger partial charge in [0.15, 0.2) is 5.69 Å². The van der Waals surface area contributed by atoms with Crippen molar-refractivity contribution in [3.05, 3.63) is 107 Å². The number of hydrogen-bond acceptors (Lipinski definition) is 2. The smallest absolute Gasteiger partial charge is 0.241 e. The lowest BCUT2D eigenvalue weighted by molar-refractivity contribution is 0.589. The molecule has 1 heterocycles. The molecular weight excluding hydrogens is 380 g/mol. The fourth-order valence-electron chi connectivity index (χ4n) is 3.19. The second kappa shape index (κ2) is 7.42. The summed E-state index contributed by atoms with van der Waals surface area (Å²) in [6, 6.07) is 21.7. The summed E-state index contributed by atoms with van der Waals surface area (Å²) in [7, 11) is -3.65. The molecule has 4 rings (SSSR count). The molecule has 0 N–H and O–H groups in total. The van der Waals surface area contributed by atoms with Crippen molar-refractivity contribution in [2.45, 2.75) is 11.8 Å². The highest BCUT2D eigenvalue weighted by Crippen LogP contribution is 2.25. The van der Waals surface area contributed by atoms with Crippen molar-refractivity contribution in [2.75, 3.05) is 0 Å². The summed E-state index contributed by atoms with van der Waals surface area (Å²) in [5, 5.41) is 0.835. The summed E-state index contributed by atoms with van der Waals surface area (Å²) >= 11 is 0.